The monoisotopic (exact) mass is 256 g/mol. The molecule has 102 valence electrons. The predicted molar refractivity (Wildman–Crippen MR) is 82.0 cm³/mol. The molecule has 0 radical (unpaired) electrons. The van der Waals surface area contributed by atoms with Crippen molar-refractivity contribution in [3.05, 3.63) is 60.7 Å². The molecule has 1 N–H and O–H groups in total. The Morgan fingerprint density at radius 2 is 1.74 bits per heavy atom. The lowest BCUT2D eigenvalue weighted by Crippen LogP contribution is -2.25. The van der Waals surface area contributed by atoms with Gasteiger partial charge in [-0.3, -0.25) is 4.90 Å². The Balaban J connectivity index is 1.99. The third kappa shape index (κ3) is 4.66. The van der Waals surface area contributed by atoms with E-state index in [1.165, 1.54) is 24.0 Å². The van der Waals surface area contributed by atoms with Gasteiger partial charge < -0.3 is 5.32 Å². The fourth-order valence-corrected chi connectivity index (χ4v) is 2.24. The van der Waals surface area contributed by atoms with Crippen molar-refractivity contribution in [2.24, 2.45) is 0 Å². The normalized spacial score (nSPS) is 14.6. The van der Waals surface area contributed by atoms with E-state index in [1.54, 1.807) is 0 Å². The van der Waals surface area contributed by atoms with Crippen molar-refractivity contribution < 1.29 is 0 Å². The maximum Gasteiger partial charge on any atom is 0.0243 e. The van der Waals surface area contributed by atoms with Crippen LogP contribution in [0, 0.1) is 0 Å². The lowest BCUT2D eigenvalue weighted by molar-refractivity contribution is 0.326. The molecule has 0 atom stereocenters. The smallest absolute Gasteiger partial charge is 0.0243 e. The van der Waals surface area contributed by atoms with E-state index in [9.17, 15) is 0 Å². The third-order valence-electron chi connectivity index (χ3n) is 3.45. The lowest BCUT2D eigenvalue weighted by Gasteiger charge is -2.20. The van der Waals surface area contributed by atoms with Crippen LogP contribution in [0.2, 0.25) is 0 Å². The summed E-state index contributed by atoms with van der Waals surface area (Å²) in [6, 6.07) is 9.45. The van der Waals surface area contributed by atoms with Gasteiger partial charge in [-0.15, -0.1) is 13.2 Å². The highest BCUT2D eigenvalue weighted by Crippen LogP contribution is 2.20. The molecule has 2 heteroatoms. The average molecular weight is 256 g/mol. The number of nitrogens with zero attached hydrogens (tertiary/aromatic N) is 1. The summed E-state index contributed by atoms with van der Waals surface area (Å²) in [5.41, 5.74) is 2.81. The number of hydrogen-bond donors (Lipinski definition) is 1. The van der Waals surface area contributed by atoms with Crippen molar-refractivity contribution in [2.45, 2.75) is 32.0 Å². The van der Waals surface area contributed by atoms with Crippen molar-refractivity contribution in [1.29, 1.82) is 0 Å². The van der Waals surface area contributed by atoms with E-state index < -0.39 is 0 Å². The SMILES string of the molecule is C=CCN(CC=C)Cc1ccccc1CNC1CC1. The van der Waals surface area contributed by atoms with Gasteiger partial charge in [0.25, 0.3) is 0 Å². The average Bonchev–Trinajstić information content (AvgIpc) is 3.22. The summed E-state index contributed by atoms with van der Waals surface area (Å²) in [5.74, 6) is 0. The fraction of sp³-hybridized carbons (Fsp3) is 0.412. The summed E-state index contributed by atoms with van der Waals surface area (Å²) < 4.78 is 0. The first-order chi connectivity index (χ1) is 9.33. The topological polar surface area (TPSA) is 15.3 Å². The van der Waals surface area contributed by atoms with Crippen molar-refractivity contribution in [2.75, 3.05) is 13.1 Å². The van der Waals surface area contributed by atoms with E-state index in [1.807, 2.05) is 12.2 Å². The van der Waals surface area contributed by atoms with Gasteiger partial charge in [-0.25, -0.2) is 0 Å². The minimum atomic E-state index is 0.755. The van der Waals surface area contributed by atoms with Crippen LogP contribution in [-0.4, -0.2) is 24.0 Å². The minimum absolute atomic E-state index is 0.755. The van der Waals surface area contributed by atoms with Gasteiger partial charge >= 0.3 is 0 Å². The van der Waals surface area contributed by atoms with E-state index >= 15 is 0 Å². The highest BCUT2D eigenvalue weighted by molar-refractivity contribution is 5.27. The van der Waals surface area contributed by atoms with Crippen molar-refractivity contribution >= 4 is 0 Å². The van der Waals surface area contributed by atoms with E-state index in [4.69, 9.17) is 0 Å². The largest absolute Gasteiger partial charge is 0.310 e. The maximum absolute atomic E-state index is 3.83. The van der Waals surface area contributed by atoms with Crippen LogP contribution in [0.15, 0.2) is 49.6 Å². The molecule has 0 saturated heterocycles. The Morgan fingerprint density at radius 3 is 2.32 bits per heavy atom. The molecule has 0 aliphatic heterocycles. The van der Waals surface area contributed by atoms with E-state index in [0.717, 1.165) is 32.2 Å². The Labute approximate surface area is 116 Å². The molecule has 1 aliphatic rings. The summed E-state index contributed by atoms with van der Waals surface area (Å²) in [7, 11) is 0. The second kappa shape index (κ2) is 7.27. The molecule has 1 aromatic rings. The van der Waals surface area contributed by atoms with Gasteiger partial charge in [0.15, 0.2) is 0 Å². The molecule has 0 unspecified atom stereocenters. The van der Waals surface area contributed by atoms with E-state index in [2.05, 4.69) is 47.6 Å². The van der Waals surface area contributed by atoms with Gasteiger partial charge in [0, 0.05) is 32.2 Å². The first-order valence-corrected chi connectivity index (χ1v) is 7.07. The fourth-order valence-electron chi connectivity index (χ4n) is 2.24. The maximum atomic E-state index is 3.83. The highest BCUT2D eigenvalue weighted by Gasteiger charge is 2.20. The molecule has 0 amide bonds. The van der Waals surface area contributed by atoms with Gasteiger partial charge in [0.1, 0.15) is 0 Å². The van der Waals surface area contributed by atoms with E-state index in [0.29, 0.717) is 0 Å². The molecule has 19 heavy (non-hydrogen) atoms. The predicted octanol–water partition coefficient (Wildman–Crippen LogP) is 3.11. The molecule has 1 fully saturated rings. The minimum Gasteiger partial charge on any atom is -0.310 e. The Kier molecular flexibility index (Phi) is 5.37. The van der Waals surface area contributed by atoms with Crippen molar-refractivity contribution in [3.63, 3.8) is 0 Å². The number of hydrogen-bond acceptors (Lipinski definition) is 2. The second-order valence-corrected chi connectivity index (χ2v) is 5.20. The Bertz CT molecular complexity index is 411. The van der Waals surface area contributed by atoms with E-state index in [-0.39, 0.29) is 0 Å². The second-order valence-electron chi connectivity index (χ2n) is 5.20. The molecule has 0 aromatic heterocycles. The zero-order chi connectivity index (χ0) is 13.5. The zero-order valence-corrected chi connectivity index (χ0v) is 11.6. The van der Waals surface area contributed by atoms with Gasteiger partial charge in [0.2, 0.25) is 0 Å². The molecule has 1 aromatic carbocycles. The zero-order valence-electron chi connectivity index (χ0n) is 11.6. The Hall–Kier alpha value is -1.38. The number of benzene rings is 1. The van der Waals surface area contributed by atoms with Gasteiger partial charge in [-0.1, -0.05) is 36.4 Å². The van der Waals surface area contributed by atoms with Crippen LogP contribution in [0.5, 0.6) is 0 Å². The van der Waals surface area contributed by atoms with Crippen LogP contribution in [-0.2, 0) is 13.1 Å². The summed E-state index contributed by atoms with van der Waals surface area (Å²) in [6.07, 6.45) is 6.57. The summed E-state index contributed by atoms with van der Waals surface area (Å²) in [5, 5.41) is 3.59. The molecular formula is C17H24N2. The summed E-state index contributed by atoms with van der Waals surface area (Å²) >= 11 is 0. The first kappa shape index (κ1) is 14.0. The van der Waals surface area contributed by atoms with Crippen molar-refractivity contribution in [1.82, 2.24) is 10.2 Å². The summed E-state index contributed by atoms with van der Waals surface area (Å²) in [4.78, 5) is 2.34. The summed E-state index contributed by atoms with van der Waals surface area (Å²) in [6.45, 7) is 11.4. The van der Waals surface area contributed by atoms with Crippen LogP contribution in [0.3, 0.4) is 0 Å². The molecule has 1 saturated carbocycles. The van der Waals surface area contributed by atoms with Crippen LogP contribution in [0.4, 0.5) is 0 Å². The number of nitrogens with one attached hydrogen (secondary N) is 1. The van der Waals surface area contributed by atoms with Crippen LogP contribution < -0.4 is 5.32 Å². The van der Waals surface area contributed by atoms with Crippen LogP contribution in [0.25, 0.3) is 0 Å². The Morgan fingerprint density at radius 1 is 1.11 bits per heavy atom. The molecule has 0 bridgehead atoms. The molecule has 0 heterocycles. The van der Waals surface area contributed by atoms with Gasteiger partial charge in [-0.2, -0.15) is 0 Å². The number of rotatable bonds is 9. The van der Waals surface area contributed by atoms with Gasteiger partial charge in [0.05, 0.1) is 0 Å². The molecule has 2 nitrogen and oxygen atoms in total. The quantitative estimate of drug-likeness (QED) is 0.683. The first-order valence-electron chi connectivity index (χ1n) is 7.07. The van der Waals surface area contributed by atoms with Crippen LogP contribution in [0.1, 0.15) is 24.0 Å². The standard InChI is InChI=1S/C17H24N2/c1-3-11-19(12-4-2)14-16-8-6-5-7-15(16)13-18-17-9-10-17/h3-8,17-18H,1-2,9-14H2. The lowest BCUT2D eigenvalue weighted by atomic mass is 10.1. The molecule has 1 aliphatic carbocycles. The molecule has 0 spiro atoms. The van der Waals surface area contributed by atoms with Gasteiger partial charge in [-0.05, 0) is 24.0 Å². The third-order valence-corrected chi connectivity index (χ3v) is 3.45. The molecular weight excluding hydrogens is 232 g/mol. The van der Waals surface area contributed by atoms with Crippen molar-refractivity contribution in [3.8, 4) is 0 Å². The molecule has 2 rings (SSSR count). The van der Waals surface area contributed by atoms with Crippen LogP contribution >= 0.6 is 0 Å². The highest BCUT2D eigenvalue weighted by atomic mass is 15.1.